The number of hydrogen-bond acceptors (Lipinski definition) is 7. The van der Waals surface area contributed by atoms with Crippen LogP contribution in [0.3, 0.4) is 0 Å². The molecule has 0 bridgehead atoms. The molecule has 218 valence electrons. The van der Waals surface area contributed by atoms with Crippen molar-refractivity contribution in [1.82, 2.24) is 0 Å². The Balaban J connectivity index is 0.00000684. The fraction of sp³-hybridized carbons (Fsp3) is 0.889. The molecule has 0 aliphatic carbocycles. The third-order valence-electron chi connectivity index (χ3n) is 6.62. The predicted octanol–water partition coefficient (Wildman–Crippen LogP) is 7.39. The Hall–Kier alpha value is -0.380. The molecule has 3 unspecified atom stereocenters. The molecule has 1 aliphatic heterocycles. The Kier molecular flexibility index (Phi) is 21.0. The van der Waals surface area contributed by atoms with Crippen molar-refractivity contribution in [1.29, 1.82) is 0 Å². The van der Waals surface area contributed by atoms with E-state index < -0.39 is 7.82 Å². The summed E-state index contributed by atoms with van der Waals surface area (Å²) in [4.78, 5) is 9.86. The molecule has 0 saturated carbocycles. The molecule has 2 heterocycles. The highest BCUT2D eigenvalue weighted by molar-refractivity contribution is 7.47. The molecular formula is C27H52NO7PS. The van der Waals surface area contributed by atoms with Gasteiger partial charge in [0.1, 0.15) is 6.10 Å². The van der Waals surface area contributed by atoms with Crippen molar-refractivity contribution in [3.63, 3.8) is 0 Å². The third kappa shape index (κ3) is 18.5. The van der Waals surface area contributed by atoms with Gasteiger partial charge in [0.15, 0.2) is 19.0 Å². The van der Waals surface area contributed by atoms with Crippen molar-refractivity contribution in [3.8, 4) is 0 Å². The molecule has 2 N–H and O–H groups in total. The van der Waals surface area contributed by atoms with Crippen LogP contribution in [0.5, 0.6) is 0 Å². The summed E-state index contributed by atoms with van der Waals surface area (Å²) in [5.74, 6) is 0. The summed E-state index contributed by atoms with van der Waals surface area (Å²) in [7, 11) is -4.07. The van der Waals surface area contributed by atoms with Crippen molar-refractivity contribution < 1.29 is 38.0 Å². The smallest absolute Gasteiger partial charge is 0.472 e. The second-order valence-corrected chi connectivity index (χ2v) is 12.2. The monoisotopic (exact) mass is 565 g/mol. The average Bonchev–Trinajstić information content (AvgIpc) is 3.55. The van der Waals surface area contributed by atoms with Gasteiger partial charge in [0, 0.05) is 6.42 Å². The van der Waals surface area contributed by atoms with Gasteiger partial charge in [-0.05, 0) is 12.8 Å². The molecule has 2 rings (SSSR count). The van der Waals surface area contributed by atoms with Crippen LogP contribution >= 0.6 is 19.2 Å². The first kappa shape index (κ1) is 34.6. The number of rotatable bonds is 24. The van der Waals surface area contributed by atoms with Crippen molar-refractivity contribution in [2.45, 2.75) is 135 Å². The van der Waals surface area contributed by atoms with Crippen LogP contribution in [0.25, 0.3) is 0 Å². The van der Waals surface area contributed by atoms with Gasteiger partial charge < -0.3 is 19.8 Å². The van der Waals surface area contributed by atoms with Gasteiger partial charge in [-0.3, -0.25) is 9.05 Å². The Labute approximate surface area is 229 Å². The molecule has 0 amide bonds. The lowest BCUT2D eigenvalue weighted by atomic mass is 10.0. The highest BCUT2D eigenvalue weighted by Gasteiger charge is 2.29. The topological polar surface area (TPSA) is 108 Å². The number of unbranched alkanes of at least 4 members (excludes halogenated alkanes) is 14. The van der Waals surface area contributed by atoms with Gasteiger partial charge in [-0.1, -0.05) is 108 Å². The minimum Gasteiger partial charge on any atom is -0.870 e. The summed E-state index contributed by atoms with van der Waals surface area (Å²) in [5.41, 5.74) is 1.99. The lowest BCUT2D eigenvalue weighted by molar-refractivity contribution is -0.692. The van der Waals surface area contributed by atoms with E-state index in [4.69, 9.17) is 18.5 Å². The number of phosphoric ester groups is 1. The number of hydrogen-bond donors (Lipinski definition) is 1. The summed E-state index contributed by atoms with van der Waals surface area (Å²) >= 11 is 1.61. The fourth-order valence-corrected chi connectivity index (χ4v) is 5.88. The predicted molar refractivity (Wildman–Crippen MR) is 147 cm³/mol. The van der Waals surface area contributed by atoms with Gasteiger partial charge in [0.25, 0.3) is 0 Å². The molecule has 1 aromatic rings. The molecule has 10 heteroatoms. The first-order valence-corrected chi connectivity index (χ1v) is 16.8. The summed E-state index contributed by atoms with van der Waals surface area (Å²) in [6.45, 7) is 3.57. The van der Waals surface area contributed by atoms with E-state index in [0.29, 0.717) is 13.0 Å². The van der Waals surface area contributed by atoms with Crippen LogP contribution < -0.4 is 4.57 Å². The zero-order valence-corrected chi connectivity index (χ0v) is 24.7. The van der Waals surface area contributed by atoms with Gasteiger partial charge in [-0.25, -0.2) is 4.57 Å². The van der Waals surface area contributed by atoms with E-state index in [9.17, 15) is 9.46 Å². The minimum absolute atomic E-state index is 0. The van der Waals surface area contributed by atoms with Crippen molar-refractivity contribution in [3.05, 3.63) is 17.1 Å². The molecular weight excluding hydrogens is 513 g/mol. The standard InChI is InChI=1S/C27H50NO6PS.H2O/c1-2-3-4-5-6-7-8-9-10-11-12-13-14-15-16-18-27-31-23-26(34-27)24-33-35(29,30)32-21-17-19-28-20-22-36-25-28;/h20,22,25-27H,2-19,21,23-24H2,1H3;1H2. The summed E-state index contributed by atoms with van der Waals surface area (Å²) in [6, 6.07) is 0. The lowest BCUT2D eigenvalue weighted by Gasteiger charge is -2.15. The van der Waals surface area contributed by atoms with Crippen LogP contribution in [0.4, 0.5) is 0 Å². The third-order valence-corrected chi connectivity index (χ3v) is 8.28. The number of aryl methyl sites for hydroxylation is 1. The van der Waals surface area contributed by atoms with Gasteiger partial charge in [0.05, 0.1) is 25.2 Å². The Morgan fingerprint density at radius 1 is 0.919 bits per heavy atom. The quantitative estimate of drug-likeness (QED) is 0.0791. The van der Waals surface area contributed by atoms with E-state index in [0.717, 1.165) is 19.4 Å². The highest BCUT2D eigenvalue weighted by atomic mass is 32.1. The van der Waals surface area contributed by atoms with E-state index >= 15 is 0 Å². The molecule has 0 aromatic carbocycles. The number of thiazole rings is 1. The van der Waals surface area contributed by atoms with Gasteiger partial charge in [-0.2, -0.15) is 4.57 Å². The van der Waals surface area contributed by atoms with Crippen LogP contribution in [0.15, 0.2) is 17.1 Å². The van der Waals surface area contributed by atoms with Gasteiger partial charge in [-0.15, -0.1) is 0 Å². The van der Waals surface area contributed by atoms with Crippen LogP contribution in [0.2, 0.25) is 0 Å². The molecule has 8 nitrogen and oxygen atoms in total. The van der Waals surface area contributed by atoms with E-state index in [1.165, 1.54) is 89.9 Å². The van der Waals surface area contributed by atoms with Gasteiger partial charge in [0.2, 0.25) is 5.51 Å². The van der Waals surface area contributed by atoms with Crippen LogP contribution in [0.1, 0.15) is 116 Å². The SMILES string of the molecule is CCCCCCCCCCCCCCCCCC1OCC(COP(=O)(O)OCCC[n+]2ccsc2)O1.[OH-]. The summed E-state index contributed by atoms with van der Waals surface area (Å²) < 4.78 is 35.7. The Bertz CT molecular complexity index is 680. The molecule has 3 atom stereocenters. The second-order valence-electron chi connectivity index (χ2n) is 9.97. The molecule has 37 heavy (non-hydrogen) atoms. The average molecular weight is 566 g/mol. The lowest BCUT2D eigenvalue weighted by Crippen LogP contribution is -2.30. The molecule has 1 aliphatic rings. The van der Waals surface area contributed by atoms with Crippen molar-refractivity contribution >= 4 is 19.2 Å². The molecule has 1 aromatic heterocycles. The van der Waals surface area contributed by atoms with Crippen LogP contribution in [-0.2, 0) is 29.6 Å². The first-order chi connectivity index (χ1) is 17.6. The summed E-state index contributed by atoms with van der Waals surface area (Å²) in [6.07, 6.45) is 23.1. The maximum Gasteiger partial charge on any atom is 0.472 e. The largest absolute Gasteiger partial charge is 0.870 e. The second kappa shape index (κ2) is 22.4. The van der Waals surface area contributed by atoms with Crippen LogP contribution in [0, 0.1) is 0 Å². The first-order valence-electron chi connectivity index (χ1n) is 14.4. The highest BCUT2D eigenvalue weighted by Crippen LogP contribution is 2.43. The molecule has 1 saturated heterocycles. The molecule has 0 spiro atoms. The molecule has 1 fully saturated rings. The Morgan fingerprint density at radius 2 is 1.51 bits per heavy atom. The zero-order chi connectivity index (χ0) is 25.7. The van der Waals surface area contributed by atoms with Crippen LogP contribution in [-0.4, -0.2) is 42.6 Å². The zero-order valence-electron chi connectivity index (χ0n) is 23.0. The van der Waals surface area contributed by atoms with Crippen molar-refractivity contribution in [2.75, 3.05) is 19.8 Å². The maximum atomic E-state index is 12.1. The van der Waals surface area contributed by atoms with E-state index in [-0.39, 0.29) is 31.1 Å². The van der Waals surface area contributed by atoms with Gasteiger partial charge >= 0.3 is 7.82 Å². The number of aromatic nitrogens is 1. The van der Waals surface area contributed by atoms with E-state index in [1.807, 2.05) is 21.7 Å². The van der Waals surface area contributed by atoms with E-state index in [1.54, 1.807) is 11.3 Å². The number of phosphoric acid groups is 1. The normalized spacial score (nSPS) is 19.1. The Morgan fingerprint density at radius 3 is 2.08 bits per heavy atom. The minimum atomic E-state index is -4.07. The number of ether oxygens (including phenoxy) is 2. The van der Waals surface area contributed by atoms with E-state index in [2.05, 4.69) is 6.92 Å². The fourth-order valence-electron chi connectivity index (χ4n) is 4.46. The number of nitrogens with zero attached hydrogens (tertiary/aromatic N) is 1. The molecule has 0 radical (unpaired) electrons. The summed E-state index contributed by atoms with van der Waals surface area (Å²) in [5, 5.41) is 1.98. The maximum absolute atomic E-state index is 12.1. The van der Waals surface area contributed by atoms with Crippen molar-refractivity contribution in [2.24, 2.45) is 0 Å².